The van der Waals surface area contributed by atoms with Crippen molar-refractivity contribution in [2.45, 2.75) is 25.3 Å². The molecular weight excluding hydrogens is 550 g/mol. The first-order valence-electron chi connectivity index (χ1n) is 12.0. The molecule has 4 aromatic rings. The van der Waals surface area contributed by atoms with Crippen molar-refractivity contribution in [3.63, 3.8) is 0 Å². The number of nitrogens with one attached hydrogen (secondary N) is 1. The standard InChI is InChI=1S/C29H24BrN3O5/c1-38-20-10-7-17(8-11-20)24-16-23(32-33(24)25(34)13-14-26(35)36)28-27(18-5-3-2-4-6-18)21-15-19(30)9-12-22(21)31-29(28)37/h2-12,15,24H,13-14,16H2,1H3,(H,31,37)(H,35,36)/t24-/m1/s1. The molecule has 0 fully saturated rings. The van der Waals surface area contributed by atoms with Gasteiger partial charge in [-0.2, -0.15) is 5.10 Å². The fraction of sp³-hybridized carbons (Fsp3) is 0.172. The molecule has 1 amide bonds. The third-order valence-electron chi connectivity index (χ3n) is 6.55. The summed E-state index contributed by atoms with van der Waals surface area (Å²) in [6.07, 6.45) is -0.228. The summed E-state index contributed by atoms with van der Waals surface area (Å²) < 4.78 is 6.13. The molecule has 8 nitrogen and oxygen atoms in total. The molecule has 1 aromatic heterocycles. The lowest BCUT2D eigenvalue weighted by Crippen LogP contribution is -2.27. The van der Waals surface area contributed by atoms with Crippen LogP contribution in [0.4, 0.5) is 0 Å². The van der Waals surface area contributed by atoms with Gasteiger partial charge < -0.3 is 14.8 Å². The molecular formula is C29H24BrN3O5. The summed E-state index contributed by atoms with van der Waals surface area (Å²) in [6, 6.07) is 22.0. The lowest BCUT2D eigenvalue weighted by Gasteiger charge is -2.22. The number of carboxylic acid groups (broad SMARTS) is 1. The molecule has 0 spiro atoms. The summed E-state index contributed by atoms with van der Waals surface area (Å²) in [5.74, 6) is -0.824. The van der Waals surface area contributed by atoms with Gasteiger partial charge in [0, 0.05) is 33.8 Å². The van der Waals surface area contributed by atoms with Crippen molar-refractivity contribution >= 4 is 44.4 Å². The van der Waals surface area contributed by atoms with E-state index in [1.165, 1.54) is 5.01 Å². The van der Waals surface area contributed by atoms with Gasteiger partial charge in [0.15, 0.2) is 0 Å². The zero-order chi connectivity index (χ0) is 26.8. The van der Waals surface area contributed by atoms with E-state index in [0.29, 0.717) is 22.5 Å². The first-order valence-corrected chi connectivity index (χ1v) is 12.8. The Kier molecular flexibility index (Phi) is 7.11. The van der Waals surface area contributed by atoms with Crippen molar-refractivity contribution < 1.29 is 19.4 Å². The molecule has 0 aliphatic carbocycles. The van der Waals surface area contributed by atoms with Crippen molar-refractivity contribution in [2.75, 3.05) is 7.11 Å². The average Bonchev–Trinajstić information content (AvgIpc) is 3.37. The normalized spacial score (nSPS) is 14.9. The number of aromatic amines is 1. The maximum absolute atomic E-state index is 13.6. The molecule has 0 saturated heterocycles. The number of halogens is 1. The summed E-state index contributed by atoms with van der Waals surface area (Å²) in [5.41, 5.74) is 3.57. The monoisotopic (exact) mass is 573 g/mol. The fourth-order valence-corrected chi connectivity index (χ4v) is 5.11. The van der Waals surface area contributed by atoms with Gasteiger partial charge in [-0.05, 0) is 41.5 Å². The van der Waals surface area contributed by atoms with Crippen LogP contribution in [0, 0.1) is 0 Å². The number of hydrogen-bond acceptors (Lipinski definition) is 5. The van der Waals surface area contributed by atoms with Crippen molar-refractivity contribution in [1.82, 2.24) is 9.99 Å². The third kappa shape index (κ3) is 4.97. The first kappa shape index (κ1) is 25.4. The highest BCUT2D eigenvalue weighted by atomic mass is 79.9. The molecule has 0 unspecified atom stereocenters. The largest absolute Gasteiger partial charge is 0.497 e. The Balaban J connectivity index is 1.68. The van der Waals surface area contributed by atoms with Crippen LogP contribution in [0.25, 0.3) is 22.0 Å². The minimum Gasteiger partial charge on any atom is -0.497 e. The molecule has 0 saturated carbocycles. The smallest absolute Gasteiger partial charge is 0.303 e. The number of rotatable bonds is 7. The topological polar surface area (TPSA) is 112 Å². The SMILES string of the molecule is COc1ccc([C@H]2CC(c3c(-c4ccccc4)c4cc(Br)ccc4[nH]c3=O)=NN2C(=O)CCC(=O)O)cc1. The van der Waals surface area contributed by atoms with Gasteiger partial charge in [-0.25, -0.2) is 5.01 Å². The number of benzene rings is 3. The number of aromatic nitrogens is 1. The summed E-state index contributed by atoms with van der Waals surface area (Å²) in [4.78, 5) is 40.9. The molecule has 1 aliphatic heterocycles. The Bertz CT molecular complexity index is 1610. The molecule has 5 rings (SSSR count). The number of carbonyl (C=O) groups excluding carboxylic acids is 1. The zero-order valence-electron chi connectivity index (χ0n) is 20.5. The van der Waals surface area contributed by atoms with Crippen LogP contribution in [-0.2, 0) is 9.59 Å². The number of hydrogen-bond donors (Lipinski definition) is 2. The van der Waals surface area contributed by atoms with E-state index in [1.54, 1.807) is 19.2 Å². The maximum atomic E-state index is 13.6. The Labute approximate surface area is 226 Å². The van der Waals surface area contributed by atoms with E-state index in [0.717, 1.165) is 26.5 Å². The highest BCUT2D eigenvalue weighted by molar-refractivity contribution is 9.10. The van der Waals surface area contributed by atoms with E-state index in [9.17, 15) is 14.4 Å². The van der Waals surface area contributed by atoms with Crippen LogP contribution in [0.5, 0.6) is 5.75 Å². The Morgan fingerprint density at radius 2 is 1.79 bits per heavy atom. The van der Waals surface area contributed by atoms with Gasteiger partial charge in [-0.15, -0.1) is 0 Å². The summed E-state index contributed by atoms with van der Waals surface area (Å²) >= 11 is 3.54. The van der Waals surface area contributed by atoms with E-state index in [1.807, 2.05) is 60.7 Å². The van der Waals surface area contributed by atoms with E-state index in [-0.39, 0.29) is 24.8 Å². The van der Waals surface area contributed by atoms with Crippen LogP contribution in [0.2, 0.25) is 0 Å². The zero-order valence-corrected chi connectivity index (χ0v) is 22.1. The predicted molar refractivity (Wildman–Crippen MR) is 148 cm³/mol. The molecule has 2 heterocycles. The van der Waals surface area contributed by atoms with Crippen LogP contribution in [0.15, 0.2) is 87.2 Å². The van der Waals surface area contributed by atoms with Gasteiger partial charge in [-0.3, -0.25) is 14.4 Å². The minimum absolute atomic E-state index is 0.203. The van der Waals surface area contributed by atoms with Gasteiger partial charge in [0.1, 0.15) is 5.75 Å². The van der Waals surface area contributed by atoms with Crippen molar-refractivity contribution in [3.8, 4) is 16.9 Å². The van der Waals surface area contributed by atoms with Crippen LogP contribution in [0.3, 0.4) is 0 Å². The summed E-state index contributed by atoms with van der Waals surface area (Å²) in [7, 11) is 1.57. The molecule has 192 valence electrons. The number of methoxy groups -OCH3 is 1. The summed E-state index contributed by atoms with van der Waals surface area (Å²) in [5, 5.41) is 15.9. The van der Waals surface area contributed by atoms with Crippen molar-refractivity contribution in [3.05, 3.63) is 98.7 Å². The number of carboxylic acids is 1. The predicted octanol–water partition coefficient (Wildman–Crippen LogP) is 5.51. The lowest BCUT2D eigenvalue weighted by molar-refractivity contribution is -0.141. The first-order chi connectivity index (χ1) is 18.4. The van der Waals surface area contributed by atoms with Crippen LogP contribution in [0.1, 0.15) is 36.4 Å². The molecule has 38 heavy (non-hydrogen) atoms. The highest BCUT2D eigenvalue weighted by Gasteiger charge is 2.35. The van der Waals surface area contributed by atoms with E-state index in [2.05, 4.69) is 26.0 Å². The Morgan fingerprint density at radius 1 is 1.05 bits per heavy atom. The number of amides is 1. The molecule has 3 aromatic carbocycles. The van der Waals surface area contributed by atoms with Gasteiger partial charge in [0.05, 0.1) is 30.8 Å². The molecule has 0 radical (unpaired) electrons. The van der Waals surface area contributed by atoms with Crippen molar-refractivity contribution in [2.24, 2.45) is 5.10 Å². The lowest BCUT2D eigenvalue weighted by atomic mass is 9.91. The second kappa shape index (κ2) is 10.6. The number of fused-ring (bicyclic) bond motifs is 1. The van der Waals surface area contributed by atoms with Crippen LogP contribution >= 0.6 is 15.9 Å². The summed E-state index contributed by atoms with van der Waals surface area (Å²) in [6.45, 7) is 0. The van der Waals surface area contributed by atoms with Gasteiger partial charge >= 0.3 is 5.97 Å². The number of hydrazone groups is 1. The molecule has 2 N–H and O–H groups in total. The number of nitrogens with zero attached hydrogens (tertiary/aromatic N) is 2. The number of carbonyl (C=O) groups is 2. The number of aliphatic carboxylic acids is 1. The van der Waals surface area contributed by atoms with Crippen molar-refractivity contribution in [1.29, 1.82) is 0 Å². The Morgan fingerprint density at radius 3 is 2.47 bits per heavy atom. The quantitative estimate of drug-likeness (QED) is 0.303. The molecule has 9 heteroatoms. The van der Waals surface area contributed by atoms with Gasteiger partial charge in [0.25, 0.3) is 5.56 Å². The highest BCUT2D eigenvalue weighted by Crippen LogP contribution is 2.38. The third-order valence-corrected chi connectivity index (χ3v) is 7.04. The minimum atomic E-state index is -1.06. The Hall–Kier alpha value is -4.24. The molecule has 1 aliphatic rings. The van der Waals surface area contributed by atoms with Crippen LogP contribution < -0.4 is 10.3 Å². The second-order valence-corrected chi connectivity index (χ2v) is 9.85. The fourth-order valence-electron chi connectivity index (χ4n) is 4.75. The second-order valence-electron chi connectivity index (χ2n) is 8.93. The van der Waals surface area contributed by atoms with Gasteiger partial charge in [-0.1, -0.05) is 58.4 Å². The molecule has 0 bridgehead atoms. The van der Waals surface area contributed by atoms with E-state index < -0.39 is 17.9 Å². The average molecular weight is 574 g/mol. The van der Waals surface area contributed by atoms with Gasteiger partial charge in [0.2, 0.25) is 5.91 Å². The van der Waals surface area contributed by atoms with E-state index >= 15 is 0 Å². The number of ether oxygens (including phenoxy) is 1. The number of pyridine rings is 1. The van der Waals surface area contributed by atoms with Crippen LogP contribution in [-0.4, -0.2) is 39.8 Å². The maximum Gasteiger partial charge on any atom is 0.303 e. The number of H-pyrrole nitrogens is 1. The van der Waals surface area contributed by atoms with E-state index in [4.69, 9.17) is 9.84 Å². The molecule has 1 atom stereocenters.